The molecule has 1 aromatic rings. The lowest BCUT2D eigenvalue weighted by Gasteiger charge is -2.22. The average Bonchev–Trinajstić information content (AvgIpc) is 2.59. The van der Waals surface area contributed by atoms with Gasteiger partial charge in [0, 0.05) is 17.5 Å². The van der Waals surface area contributed by atoms with Gasteiger partial charge in [-0.25, -0.2) is 4.98 Å². The van der Waals surface area contributed by atoms with E-state index in [1.807, 2.05) is 11.3 Å². The van der Waals surface area contributed by atoms with Gasteiger partial charge in [0.1, 0.15) is 0 Å². The van der Waals surface area contributed by atoms with Crippen molar-refractivity contribution in [3.8, 4) is 0 Å². The van der Waals surface area contributed by atoms with Crippen molar-refractivity contribution >= 4 is 11.3 Å². The van der Waals surface area contributed by atoms with E-state index in [1.54, 1.807) is 0 Å². The number of hydrogen-bond donors (Lipinski definition) is 2. The topological polar surface area (TPSA) is 45.2 Å². The normalized spacial score (nSPS) is 20.3. The SMILES string of the molecule is Cc1nc2c(s1)C(NCCCO)CCC2. The Hall–Kier alpha value is -0.450. The summed E-state index contributed by atoms with van der Waals surface area (Å²) >= 11 is 1.82. The zero-order valence-electron chi connectivity index (χ0n) is 9.12. The minimum atomic E-state index is 0.272. The number of fused-ring (bicyclic) bond motifs is 1. The fourth-order valence-corrected chi connectivity index (χ4v) is 3.18. The Balaban J connectivity index is 2.01. The molecule has 2 rings (SSSR count). The van der Waals surface area contributed by atoms with Crippen LogP contribution in [0, 0.1) is 6.92 Å². The predicted molar refractivity (Wildman–Crippen MR) is 62.2 cm³/mol. The predicted octanol–water partition coefficient (Wildman–Crippen LogP) is 1.80. The van der Waals surface area contributed by atoms with E-state index in [4.69, 9.17) is 5.11 Å². The molecule has 1 heterocycles. The first kappa shape index (κ1) is 11.0. The monoisotopic (exact) mass is 226 g/mol. The molecule has 1 atom stereocenters. The zero-order chi connectivity index (χ0) is 10.7. The van der Waals surface area contributed by atoms with Crippen molar-refractivity contribution in [3.63, 3.8) is 0 Å². The summed E-state index contributed by atoms with van der Waals surface area (Å²) in [5.74, 6) is 0. The Morgan fingerprint density at radius 3 is 3.27 bits per heavy atom. The minimum absolute atomic E-state index is 0.272. The lowest BCUT2D eigenvalue weighted by molar-refractivity contribution is 0.282. The second kappa shape index (κ2) is 5.05. The average molecular weight is 226 g/mol. The lowest BCUT2D eigenvalue weighted by Crippen LogP contribution is -2.25. The molecule has 1 aliphatic rings. The summed E-state index contributed by atoms with van der Waals surface area (Å²) < 4.78 is 0. The number of thiazole rings is 1. The van der Waals surface area contributed by atoms with Crippen LogP contribution in [0.15, 0.2) is 0 Å². The van der Waals surface area contributed by atoms with E-state index in [-0.39, 0.29) is 6.61 Å². The molecule has 3 nitrogen and oxygen atoms in total. The second-order valence-electron chi connectivity index (χ2n) is 4.02. The highest BCUT2D eigenvalue weighted by molar-refractivity contribution is 7.11. The minimum Gasteiger partial charge on any atom is -0.396 e. The number of aliphatic hydroxyl groups is 1. The number of rotatable bonds is 4. The smallest absolute Gasteiger partial charge is 0.0900 e. The first-order valence-corrected chi connectivity index (χ1v) is 6.43. The summed E-state index contributed by atoms with van der Waals surface area (Å²) in [5.41, 5.74) is 1.30. The van der Waals surface area contributed by atoms with Crippen LogP contribution in [-0.2, 0) is 6.42 Å². The quantitative estimate of drug-likeness (QED) is 0.770. The number of nitrogens with one attached hydrogen (secondary N) is 1. The third-order valence-corrected chi connectivity index (χ3v) is 3.91. The molecule has 84 valence electrons. The van der Waals surface area contributed by atoms with Crippen LogP contribution >= 0.6 is 11.3 Å². The number of aliphatic hydroxyl groups excluding tert-OH is 1. The Labute approximate surface area is 94.5 Å². The van der Waals surface area contributed by atoms with E-state index in [0.717, 1.165) is 19.4 Å². The Kier molecular flexibility index (Phi) is 3.72. The van der Waals surface area contributed by atoms with Crippen LogP contribution in [0.3, 0.4) is 0 Å². The maximum absolute atomic E-state index is 8.75. The lowest BCUT2D eigenvalue weighted by atomic mass is 9.98. The first-order valence-electron chi connectivity index (χ1n) is 5.61. The van der Waals surface area contributed by atoms with Gasteiger partial charge in [0.25, 0.3) is 0 Å². The van der Waals surface area contributed by atoms with Crippen molar-refractivity contribution in [3.05, 3.63) is 15.6 Å². The molecule has 0 amide bonds. The van der Waals surface area contributed by atoms with Crippen LogP contribution in [-0.4, -0.2) is 23.2 Å². The largest absolute Gasteiger partial charge is 0.396 e. The second-order valence-corrected chi connectivity index (χ2v) is 5.25. The summed E-state index contributed by atoms with van der Waals surface area (Å²) in [5, 5.41) is 13.4. The van der Waals surface area contributed by atoms with Crippen LogP contribution in [0.1, 0.15) is 40.9 Å². The summed E-state index contributed by atoms with van der Waals surface area (Å²) in [7, 11) is 0. The Morgan fingerprint density at radius 1 is 1.60 bits per heavy atom. The number of nitrogens with zero attached hydrogens (tertiary/aromatic N) is 1. The van der Waals surface area contributed by atoms with Gasteiger partial charge in [-0.1, -0.05) is 0 Å². The fourth-order valence-electron chi connectivity index (χ4n) is 2.09. The van der Waals surface area contributed by atoms with E-state index < -0.39 is 0 Å². The number of hydrogen-bond acceptors (Lipinski definition) is 4. The van der Waals surface area contributed by atoms with Crippen LogP contribution in [0.25, 0.3) is 0 Å². The molecule has 0 fully saturated rings. The summed E-state index contributed by atoms with van der Waals surface area (Å²) in [4.78, 5) is 5.99. The van der Waals surface area contributed by atoms with Gasteiger partial charge < -0.3 is 10.4 Å². The van der Waals surface area contributed by atoms with Gasteiger partial charge in [-0.15, -0.1) is 11.3 Å². The molecular weight excluding hydrogens is 208 g/mol. The molecule has 1 aliphatic carbocycles. The maximum atomic E-state index is 8.75. The van der Waals surface area contributed by atoms with Gasteiger partial charge >= 0.3 is 0 Å². The van der Waals surface area contributed by atoms with Crippen LogP contribution in [0.4, 0.5) is 0 Å². The molecule has 0 bridgehead atoms. The van der Waals surface area contributed by atoms with Crippen LogP contribution in [0.2, 0.25) is 0 Å². The van der Waals surface area contributed by atoms with Crippen molar-refractivity contribution in [2.45, 2.75) is 38.6 Å². The molecule has 2 N–H and O–H groups in total. The van der Waals surface area contributed by atoms with Gasteiger partial charge in [0.15, 0.2) is 0 Å². The van der Waals surface area contributed by atoms with Crippen molar-refractivity contribution < 1.29 is 5.11 Å². The summed E-state index contributed by atoms with van der Waals surface area (Å²) in [6, 6.07) is 0.478. The molecule has 0 aliphatic heterocycles. The highest BCUT2D eigenvalue weighted by atomic mass is 32.1. The summed E-state index contributed by atoms with van der Waals surface area (Å²) in [6.07, 6.45) is 4.41. The van der Waals surface area contributed by atoms with E-state index in [9.17, 15) is 0 Å². The van der Waals surface area contributed by atoms with E-state index in [2.05, 4.69) is 17.2 Å². The van der Waals surface area contributed by atoms with E-state index >= 15 is 0 Å². The molecule has 4 heteroatoms. The van der Waals surface area contributed by atoms with E-state index in [0.29, 0.717) is 6.04 Å². The molecule has 0 spiro atoms. The number of aryl methyl sites for hydroxylation is 2. The molecule has 0 radical (unpaired) electrons. The molecule has 1 aromatic heterocycles. The van der Waals surface area contributed by atoms with Gasteiger partial charge in [-0.3, -0.25) is 0 Å². The summed E-state index contributed by atoms with van der Waals surface area (Å²) in [6.45, 7) is 3.25. The highest BCUT2D eigenvalue weighted by Crippen LogP contribution is 2.33. The Bertz CT molecular complexity index is 324. The highest BCUT2D eigenvalue weighted by Gasteiger charge is 2.22. The van der Waals surface area contributed by atoms with Gasteiger partial charge in [-0.2, -0.15) is 0 Å². The molecule has 0 saturated heterocycles. The third-order valence-electron chi connectivity index (χ3n) is 2.78. The van der Waals surface area contributed by atoms with Crippen LogP contribution < -0.4 is 5.32 Å². The van der Waals surface area contributed by atoms with Crippen molar-refractivity contribution in [2.75, 3.05) is 13.2 Å². The van der Waals surface area contributed by atoms with Gasteiger partial charge in [-0.05, 0) is 39.2 Å². The fraction of sp³-hybridized carbons (Fsp3) is 0.727. The van der Waals surface area contributed by atoms with Crippen molar-refractivity contribution in [1.29, 1.82) is 0 Å². The number of aromatic nitrogens is 1. The van der Waals surface area contributed by atoms with E-state index in [1.165, 1.54) is 28.4 Å². The Morgan fingerprint density at radius 2 is 2.47 bits per heavy atom. The molecule has 0 saturated carbocycles. The van der Waals surface area contributed by atoms with Gasteiger partial charge in [0.05, 0.1) is 10.7 Å². The zero-order valence-corrected chi connectivity index (χ0v) is 9.94. The first-order chi connectivity index (χ1) is 7.31. The maximum Gasteiger partial charge on any atom is 0.0900 e. The van der Waals surface area contributed by atoms with Crippen LogP contribution in [0.5, 0.6) is 0 Å². The third kappa shape index (κ3) is 2.56. The van der Waals surface area contributed by atoms with Crippen molar-refractivity contribution in [2.24, 2.45) is 0 Å². The molecule has 1 unspecified atom stereocenters. The van der Waals surface area contributed by atoms with Crippen molar-refractivity contribution in [1.82, 2.24) is 10.3 Å². The molecule has 15 heavy (non-hydrogen) atoms. The standard InChI is InChI=1S/C11H18N2OS/c1-8-13-10-5-2-4-9(11(10)15-8)12-6-3-7-14/h9,12,14H,2-7H2,1H3. The molecule has 0 aromatic carbocycles. The van der Waals surface area contributed by atoms with Gasteiger partial charge in [0.2, 0.25) is 0 Å². The molecular formula is C11H18N2OS.